The monoisotopic (exact) mass is 244 g/mol. The fourth-order valence-electron chi connectivity index (χ4n) is 1.53. The Labute approximate surface area is 99.0 Å². The van der Waals surface area contributed by atoms with Crippen LogP contribution in [0.4, 0.5) is 4.39 Å². The molecular weight excluding hydrogens is 231 g/mol. The van der Waals surface area contributed by atoms with Gasteiger partial charge in [-0.25, -0.2) is 10.2 Å². The molecule has 0 heterocycles. The fourth-order valence-corrected chi connectivity index (χ4v) is 1.70. The first-order chi connectivity index (χ1) is 7.26. The molecule has 1 aromatic rings. The van der Waals surface area contributed by atoms with Crippen LogP contribution in [0.25, 0.3) is 0 Å². The van der Waals surface area contributed by atoms with Crippen molar-refractivity contribution in [3.8, 4) is 0 Å². The van der Waals surface area contributed by atoms with Crippen LogP contribution < -0.4 is 5.84 Å². The molecule has 0 unspecified atom stereocenters. The van der Waals surface area contributed by atoms with Gasteiger partial charge in [-0.15, -0.1) is 0 Å². The topological polar surface area (TPSA) is 46.3 Å². The van der Waals surface area contributed by atoms with Crippen LogP contribution in [0, 0.1) is 5.82 Å². The molecule has 0 radical (unpaired) electrons. The average molecular weight is 245 g/mol. The van der Waals surface area contributed by atoms with Gasteiger partial charge in [0.1, 0.15) is 5.82 Å². The molecule has 88 valence electrons. The fraction of sp³-hybridized carbons (Fsp3) is 0.364. The van der Waals surface area contributed by atoms with Gasteiger partial charge >= 0.3 is 0 Å². The van der Waals surface area contributed by atoms with E-state index in [1.54, 1.807) is 13.8 Å². The van der Waals surface area contributed by atoms with E-state index in [9.17, 15) is 9.18 Å². The van der Waals surface area contributed by atoms with Crippen LogP contribution in [-0.4, -0.2) is 18.0 Å². The Kier molecular flexibility index (Phi) is 3.55. The van der Waals surface area contributed by atoms with Crippen molar-refractivity contribution in [2.24, 2.45) is 5.84 Å². The van der Waals surface area contributed by atoms with Crippen molar-refractivity contribution in [2.45, 2.75) is 19.3 Å². The Hall–Kier alpha value is -1.13. The van der Waals surface area contributed by atoms with Gasteiger partial charge in [0, 0.05) is 17.6 Å². The molecule has 0 atom stereocenters. The van der Waals surface area contributed by atoms with E-state index >= 15 is 0 Å². The maximum absolute atomic E-state index is 13.6. The molecule has 0 saturated heterocycles. The highest BCUT2D eigenvalue weighted by molar-refractivity contribution is 6.30. The van der Waals surface area contributed by atoms with E-state index in [1.807, 2.05) is 0 Å². The van der Waals surface area contributed by atoms with Crippen molar-refractivity contribution in [3.05, 3.63) is 34.6 Å². The minimum Gasteiger partial charge on any atom is -0.283 e. The molecule has 1 rings (SSSR count). The van der Waals surface area contributed by atoms with Gasteiger partial charge in [-0.3, -0.25) is 9.80 Å². The summed E-state index contributed by atoms with van der Waals surface area (Å²) in [4.78, 5) is 11.8. The second-order valence-corrected chi connectivity index (χ2v) is 4.60. The van der Waals surface area contributed by atoms with Gasteiger partial charge < -0.3 is 0 Å². The summed E-state index contributed by atoms with van der Waals surface area (Å²) in [5.74, 6) is 4.53. The highest BCUT2D eigenvalue weighted by atomic mass is 35.5. The zero-order valence-corrected chi connectivity index (χ0v) is 10.2. The van der Waals surface area contributed by atoms with Gasteiger partial charge in [0.2, 0.25) is 5.91 Å². The number of hydrogen-bond donors (Lipinski definition) is 1. The molecule has 0 aliphatic rings. The number of carbonyl (C=O) groups excluding carboxylic acids is 1. The highest BCUT2D eigenvalue weighted by Crippen LogP contribution is 2.29. The Balaban J connectivity index is 3.26. The Bertz CT molecular complexity index is 418. The van der Waals surface area contributed by atoms with Crippen molar-refractivity contribution >= 4 is 17.5 Å². The minimum atomic E-state index is -1.04. The second kappa shape index (κ2) is 4.39. The van der Waals surface area contributed by atoms with E-state index in [0.717, 1.165) is 5.01 Å². The molecule has 0 spiro atoms. The minimum absolute atomic E-state index is 0.238. The summed E-state index contributed by atoms with van der Waals surface area (Å²) in [6, 6.07) is 4.12. The molecule has 0 fully saturated rings. The molecule has 0 bridgehead atoms. The van der Waals surface area contributed by atoms with Crippen LogP contribution in [0.1, 0.15) is 19.4 Å². The first-order valence-electron chi connectivity index (χ1n) is 4.75. The van der Waals surface area contributed by atoms with E-state index in [-0.39, 0.29) is 11.5 Å². The summed E-state index contributed by atoms with van der Waals surface area (Å²) in [5.41, 5.74) is -0.805. The number of rotatable bonds is 2. The molecule has 0 aliphatic heterocycles. The number of hydrogen-bond acceptors (Lipinski definition) is 2. The summed E-state index contributed by atoms with van der Waals surface area (Å²) in [6.07, 6.45) is 0. The van der Waals surface area contributed by atoms with Crippen LogP contribution in [-0.2, 0) is 10.2 Å². The lowest BCUT2D eigenvalue weighted by atomic mass is 9.83. The molecule has 0 aromatic heterocycles. The van der Waals surface area contributed by atoms with Crippen LogP contribution in [0.3, 0.4) is 0 Å². The molecule has 16 heavy (non-hydrogen) atoms. The van der Waals surface area contributed by atoms with Gasteiger partial charge in [0.15, 0.2) is 0 Å². The number of halogens is 2. The number of hydrazine groups is 1. The lowest BCUT2D eigenvalue weighted by Gasteiger charge is -2.27. The van der Waals surface area contributed by atoms with Crippen LogP contribution >= 0.6 is 11.6 Å². The normalized spacial score (nSPS) is 11.4. The lowest BCUT2D eigenvalue weighted by Crippen LogP contribution is -2.45. The molecule has 5 heteroatoms. The standard InChI is InChI=1S/C11H14ClFN2O/c1-11(2,10(16)15(3)14)8-6-7(12)4-5-9(8)13/h4-6H,14H2,1-3H3. The Morgan fingerprint density at radius 3 is 2.56 bits per heavy atom. The molecule has 1 amide bonds. The summed E-state index contributed by atoms with van der Waals surface area (Å²) in [7, 11) is 1.42. The van der Waals surface area contributed by atoms with Gasteiger partial charge in [0.25, 0.3) is 0 Å². The maximum Gasteiger partial charge on any atom is 0.246 e. The second-order valence-electron chi connectivity index (χ2n) is 4.17. The van der Waals surface area contributed by atoms with Crippen molar-refractivity contribution in [2.75, 3.05) is 7.05 Å². The molecule has 0 saturated carbocycles. The third-order valence-electron chi connectivity index (χ3n) is 2.46. The number of nitrogens with zero attached hydrogens (tertiary/aromatic N) is 1. The van der Waals surface area contributed by atoms with Crippen LogP contribution in [0.5, 0.6) is 0 Å². The van der Waals surface area contributed by atoms with Gasteiger partial charge in [-0.1, -0.05) is 11.6 Å². The number of carbonyl (C=O) groups is 1. The van der Waals surface area contributed by atoms with Gasteiger partial charge in [-0.2, -0.15) is 0 Å². The Morgan fingerprint density at radius 2 is 2.06 bits per heavy atom. The summed E-state index contributed by atoms with van der Waals surface area (Å²) in [6.45, 7) is 3.21. The van der Waals surface area contributed by atoms with Crippen LogP contribution in [0.15, 0.2) is 18.2 Å². The van der Waals surface area contributed by atoms with Crippen molar-refractivity contribution in [3.63, 3.8) is 0 Å². The highest BCUT2D eigenvalue weighted by Gasteiger charge is 2.34. The Morgan fingerprint density at radius 1 is 1.50 bits per heavy atom. The number of amides is 1. The van der Waals surface area contributed by atoms with Crippen molar-refractivity contribution < 1.29 is 9.18 Å². The van der Waals surface area contributed by atoms with Crippen LogP contribution in [0.2, 0.25) is 5.02 Å². The van der Waals surface area contributed by atoms with Gasteiger partial charge in [0.05, 0.1) is 5.41 Å². The molecular formula is C11H14ClFN2O. The van der Waals surface area contributed by atoms with E-state index < -0.39 is 11.2 Å². The van der Waals surface area contributed by atoms with E-state index in [4.69, 9.17) is 17.4 Å². The number of nitrogens with two attached hydrogens (primary N) is 1. The molecule has 2 N–H and O–H groups in total. The maximum atomic E-state index is 13.6. The summed E-state index contributed by atoms with van der Waals surface area (Å²) >= 11 is 5.78. The molecule has 3 nitrogen and oxygen atoms in total. The van der Waals surface area contributed by atoms with Crippen molar-refractivity contribution in [1.82, 2.24) is 5.01 Å². The predicted molar refractivity (Wildman–Crippen MR) is 61.4 cm³/mol. The zero-order valence-electron chi connectivity index (χ0n) is 9.42. The SMILES string of the molecule is CN(N)C(=O)C(C)(C)c1cc(Cl)ccc1F. The largest absolute Gasteiger partial charge is 0.283 e. The van der Waals surface area contributed by atoms with E-state index in [1.165, 1.54) is 25.2 Å². The molecule has 1 aromatic carbocycles. The molecule has 0 aliphatic carbocycles. The average Bonchev–Trinajstić information content (AvgIpc) is 2.20. The first-order valence-corrected chi connectivity index (χ1v) is 5.13. The van der Waals surface area contributed by atoms with E-state index in [0.29, 0.717) is 5.02 Å². The third-order valence-corrected chi connectivity index (χ3v) is 2.69. The third kappa shape index (κ3) is 2.33. The van der Waals surface area contributed by atoms with Crippen molar-refractivity contribution in [1.29, 1.82) is 0 Å². The van der Waals surface area contributed by atoms with Gasteiger partial charge in [-0.05, 0) is 32.0 Å². The van der Waals surface area contributed by atoms with E-state index in [2.05, 4.69) is 0 Å². The summed E-state index contributed by atoms with van der Waals surface area (Å²) in [5, 5.41) is 1.33. The zero-order chi connectivity index (χ0) is 12.5. The number of benzene rings is 1. The predicted octanol–water partition coefficient (Wildman–Crippen LogP) is 2.09. The lowest BCUT2D eigenvalue weighted by molar-refractivity contribution is -0.135. The first kappa shape index (κ1) is 12.9. The summed E-state index contributed by atoms with van der Waals surface area (Å²) < 4.78 is 13.6. The quantitative estimate of drug-likeness (QED) is 0.492. The smallest absolute Gasteiger partial charge is 0.246 e. The number of likely N-dealkylation sites (N-methyl/N-ethyl adjacent to an activating group) is 1.